The Bertz CT molecular complexity index is 960. The van der Waals surface area contributed by atoms with Gasteiger partial charge < -0.3 is 5.73 Å². The highest BCUT2D eigenvalue weighted by molar-refractivity contribution is 8.14. The molecule has 3 heterocycles. The summed E-state index contributed by atoms with van der Waals surface area (Å²) in [5.74, 6) is 0.751. The first kappa shape index (κ1) is 17.8. The van der Waals surface area contributed by atoms with Crippen LogP contribution in [0, 0.1) is 13.8 Å². The van der Waals surface area contributed by atoms with E-state index in [-0.39, 0.29) is 11.5 Å². The van der Waals surface area contributed by atoms with Crippen molar-refractivity contribution in [2.45, 2.75) is 38.9 Å². The van der Waals surface area contributed by atoms with E-state index in [0.717, 1.165) is 28.8 Å². The van der Waals surface area contributed by atoms with Gasteiger partial charge in [-0.1, -0.05) is 42.1 Å². The van der Waals surface area contributed by atoms with E-state index in [1.54, 1.807) is 16.8 Å². The number of rotatable bonds is 5. The molecule has 0 fully saturated rings. The average Bonchev–Trinajstić information content (AvgIpc) is 3.34. The van der Waals surface area contributed by atoms with Gasteiger partial charge in [0.1, 0.15) is 5.04 Å². The highest BCUT2D eigenvalue weighted by Crippen LogP contribution is 2.32. The molecule has 2 N–H and O–H groups in total. The Hall–Kier alpha value is -2.58. The molecule has 140 valence electrons. The third-order valence-electron chi connectivity index (χ3n) is 4.51. The Labute approximate surface area is 162 Å². The minimum absolute atomic E-state index is 0.0335. The van der Waals surface area contributed by atoms with Crippen LogP contribution >= 0.6 is 11.8 Å². The molecule has 0 amide bonds. The van der Waals surface area contributed by atoms with Gasteiger partial charge in [0.25, 0.3) is 0 Å². The van der Waals surface area contributed by atoms with E-state index in [2.05, 4.69) is 42.2 Å². The van der Waals surface area contributed by atoms with Crippen molar-refractivity contribution < 1.29 is 0 Å². The predicted molar refractivity (Wildman–Crippen MR) is 110 cm³/mol. The number of benzene rings is 1. The highest BCUT2D eigenvalue weighted by Gasteiger charge is 2.31. The van der Waals surface area contributed by atoms with Crippen LogP contribution in [0.15, 0.2) is 53.8 Å². The standard InChI is InChI=1S/C19H23N7S/c1-13-11-14(2)25(21-13)15(3)18-23-26(19(20)27-18)17-9-10-24(22-17)12-16-7-5-4-6-8-16/h4-11,15,19H,12,20H2,1-3H3. The molecule has 4 rings (SSSR count). The Morgan fingerprint density at radius 1 is 1.15 bits per heavy atom. The molecule has 1 aliphatic rings. The maximum Gasteiger partial charge on any atom is 0.173 e. The van der Waals surface area contributed by atoms with E-state index < -0.39 is 0 Å². The minimum atomic E-state index is -0.292. The average molecular weight is 382 g/mol. The van der Waals surface area contributed by atoms with Gasteiger partial charge in [0.2, 0.25) is 0 Å². The maximum absolute atomic E-state index is 6.32. The number of nitrogens with two attached hydrogens (primary N) is 1. The molecule has 2 atom stereocenters. The molecule has 27 heavy (non-hydrogen) atoms. The zero-order valence-electron chi connectivity index (χ0n) is 15.6. The minimum Gasteiger partial charge on any atom is -0.301 e. The van der Waals surface area contributed by atoms with E-state index in [9.17, 15) is 0 Å². The number of hydrogen-bond donors (Lipinski definition) is 1. The van der Waals surface area contributed by atoms with Gasteiger partial charge in [-0.15, -0.1) is 0 Å². The summed E-state index contributed by atoms with van der Waals surface area (Å²) in [4.78, 5) is 0. The molecule has 0 saturated heterocycles. The fraction of sp³-hybridized carbons (Fsp3) is 0.316. The van der Waals surface area contributed by atoms with Gasteiger partial charge in [-0.25, -0.2) is 5.01 Å². The quantitative estimate of drug-likeness (QED) is 0.735. The van der Waals surface area contributed by atoms with Crippen LogP contribution in [0.1, 0.15) is 29.9 Å². The number of hydrogen-bond acceptors (Lipinski definition) is 6. The first-order chi connectivity index (χ1) is 13.0. The second-order valence-corrected chi connectivity index (χ2v) is 7.83. The van der Waals surface area contributed by atoms with Gasteiger partial charge >= 0.3 is 0 Å². The molecule has 0 radical (unpaired) electrons. The van der Waals surface area contributed by atoms with Crippen LogP contribution in [-0.4, -0.2) is 30.1 Å². The molecule has 2 aromatic heterocycles. The van der Waals surface area contributed by atoms with Crippen molar-refractivity contribution in [2.75, 3.05) is 5.01 Å². The Balaban J connectivity index is 1.53. The molecule has 0 bridgehead atoms. The number of hydrazone groups is 1. The summed E-state index contributed by atoms with van der Waals surface area (Å²) in [6, 6.07) is 14.3. The summed E-state index contributed by atoms with van der Waals surface area (Å²) < 4.78 is 3.89. The summed E-state index contributed by atoms with van der Waals surface area (Å²) >= 11 is 1.55. The smallest absolute Gasteiger partial charge is 0.173 e. The van der Waals surface area contributed by atoms with Crippen molar-refractivity contribution in [1.82, 2.24) is 19.6 Å². The van der Waals surface area contributed by atoms with Crippen LogP contribution in [0.2, 0.25) is 0 Å². The first-order valence-corrected chi connectivity index (χ1v) is 9.79. The van der Waals surface area contributed by atoms with Crippen LogP contribution in [0.3, 0.4) is 0 Å². The first-order valence-electron chi connectivity index (χ1n) is 8.91. The Morgan fingerprint density at radius 2 is 1.93 bits per heavy atom. The largest absolute Gasteiger partial charge is 0.301 e. The summed E-state index contributed by atoms with van der Waals surface area (Å²) in [5.41, 5.74) is 9.35. The van der Waals surface area contributed by atoms with Crippen LogP contribution in [-0.2, 0) is 6.54 Å². The molecule has 8 heteroatoms. The third-order valence-corrected chi connectivity index (χ3v) is 5.61. The van der Waals surface area contributed by atoms with Crippen LogP contribution < -0.4 is 10.7 Å². The second-order valence-electron chi connectivity index (χ2n) is 6.70. The van der Waals surface area contributed by atoms with Crippen LogP contribution in [0.25, 0.3) is 0 Å². The predicted octanol–water partition coefficient (Wildman–Crippen LogP) is 3.11. The molecular formula is C19H23N7S. The summed E-state index contributed by atoms with van der Waals surface area (Å²) in [7, 11) is 0. The molecule has 7 nitrogen and oxygen atoms in total. The lowest BCUT2D eigenvalue weighted by molar-refractivity contribution is 0.591. The highest BCUT2D eigenvalue weighted by atomic mass is 32.2. The third kappa shape index (κ3) is 3.63. The molecular weight excluding hydrogens is 358 g/mol. The van der Waals surface area contributed by atoms with Gasteiger partial charge in [-0.2, -0.15) is 15.3 Å². The van der Waals surface area contributed by atoms with E-state index in [4.69, 9.17) is 10.8 Å². The SMILES string of the molecule is Cc1cc(C)n(C(C)C2=NN(c3ccn(Cc4ccccc4)n3)C(N)S2)n1. The summed E-state index contributed by atoms with van der Waals surface area (Å²) in [5, 5.41) is 16.7. The Morgan fingerprint density at radius 3 is 2.63 bits per heavy atom. The van der Waals surface area contributed by atoms with Crippen molar-refractivity contribution in [3.05, 3.63) is 65.6 Å². The van der Waals surface area contributed by atoms with E-state index >= 15 is 0 Å². The molecule has 1 aliphatic heterocycles. The van der Waals surface area contributed by atoms with Gasteiger partial charge in [0, 0.05) is 18.0 Å². The lowest BCUT2D eigenvalue weighted by atomic mass is 10.2. The van der Waals surface area contributed by atoms with Crippen molar-refractivity contribution in [3.63, 3.8) is 0 Å². The van der Waals surface area contributed by atoms with E-state index in [1.807, 2.05) is 46.7 Å². The van der Waals surface area contributed by atoms with Crippen molar-refractivity contribution in [2.24, 2.45) is 10.8 Å². The number of aromatic nitrogens is 4. The number of aryl methyl sites for hydroxylation is 2. The van der Waals surface area contributed by atoms with Gasteiger partial charge in [-0.05, 0) is 32.4 Å². The van der Waals surface area contributed by atoms with Crippen molar-refractivity contribution in [1.29, 1.82) is 0 Å². The summed E-state index contributed by atoms with van der Waals surface area (Å²) in [6.07, 6.45) is 1.96. The second kappa shape index (κ2) is 7.21. The fourth-order valence-electron chi connectivity index (χ4n) is 3.20. The van der Waals surface area contributed by atoms with Gasteiger partial charge in [-0.3, -0.25) is 9.36 Å². The van der Waals surface area contributed by atoms with Crippen LogP contribution in [0.5, 0.6) is 0 Å². The normalized spacial score (nSPS) is 18.0. The molecule has 0 aliphatic carbocycles. The zero-order chi connectivity index (χ0) is 19.0. The lowest BCUT2D eigenvalue weighted by Gasteiger charge is -2.15. The number of nitrogens with zero attached hydrogens (tertiary/aromatic N) is 6. The lowest BCUT2D eigenvalue weighted by Crippen LogP contribution is -2.32. The Kier molecular flexibility index (Phi) is 4.75. The molecule has 0 spiro atoms. The monoisotopic (exact) mass is 381 g/mol. The van der Waals surface area contributed by atoms with Crippen molar-refractivity contribution in [3.8, 4) is 0 Å². The molecule has 2 unspecified atom stereocenters. The molecule has 3 aromatic rings. The summed E-state index contributed by atoms with van der Waals surface area (Å²) in [6.45, 7) is 6.86. The van der Waals surface area contributed by atoms with Gasteiger partial charge in [0.05, 0.1) is 18.3 Å². The fourth-order valence-corrected chi connectivity index (χ4v) is 4.13. The van der Waals surface area contributed by atoms with E-state index in [0.29, 0.717) is 0 Å². The molecule has 1 aromatic carbocycles. The topological polar surface area (TPSA) is 77.3 Å². The van der Waals surface area contributed by atoms with Crippen LogP contribution in [0.4, 0.5) is 5.82 Å². The maximum atomic E-state index is 6.32. The number of thioether (sulfide) groups is 1. The van der Waals surface area contributed by atoms with E-state index in [1.165, 1.54) is 5.56 Å². The zero-order valence-corrected chi connectivity index (χ0v) is 16.5. The van der Waals surface area contributed by atoms with Crippen molar-refractivity contribution >= 4 is 22.6 Å². The van der Waals surface area contributed by atoms with Gasteiger partial charge in [0.15, 0.2) is 11.3 Å². The molecule has 0 saturated carbocycles. The number of anilines is 1.